The number of anilines is 1. The Morgan fingerprint density at radius 2 is 1.78 bits per heavy atom. The van der Waals surface area contributed by atoms with Crippen molar-refractivity contribution in [3.8, 4) is 11.5 Å². The van der Waals surface area contributed by atoms with Crippen LogP contribution in [0.25, 0.3) is 11.0 Å². The fraction of sp³-hybridized carbons (Fsp3) is 0.0455. The summed E-state index contributed by atoms with van der Waals surface area (Å²) in [5.41, 5.74) is 0.149. The molecule has 2 aromatic carbocycles. The predicted molar refractivity (Wildman–Crippen MR) is 119 cm³/mol. The first-order valence-electron chi connectivity index (χ1n) is 9.55. The van der Waals surface area contributed by atoms with E-state index in [0.29, 0.717) is 0 Å². The number of sulfonamides is 1. The fourth-order valence-corrected chi connectivity index (χ4v) is 4.76. The zero-order valence-electron chi connectivity index (χ0n) is 16.4. The highest BCUT2D eigenvalue weighted by Crippen LogP contribution is 2.33. The average Bonchev–Trinajstić information content (AvgIpc) is 2.76. The van der Waals surface area contributed by atoms with Crippen LogP contribution in [0.1, 0.15) is 11.1 Å². The second-order valence-corrected chi connectivity index (χ2v) is 8.77. The van der Waals surface area contributed by atoms with Gasteiger partial charge in [0.25, 0.3) is 15.6 Å². The number of aromatic nitrogens is 2. The first-order valence-corrected chi connectivity index (χ1v) is 11.0. The fourth-order valence-electron chi connectivity index (χ4n) is 3.66. The number of aromatic hydroxyl groups is 2. The molecule has 160 valence electrons. The zero-order chi connectivity index (χ0) is 22.5. The van der Waals surface area contributed by atoms with Gasteiger partial charge in [0.15, 0.2) is 5.84 Å². The first-order chi connectivity index (χ1) is 15.3. The number of benzene rings is 2. The Labute approximate surface area is 182 Å². The third-order valence-electron chi connectivity index (χ3n) is 5.12. The van der Waals surface area contributed by atoms with E-state index in [1.807, 2.05) is 30.3 Å². The molecule has 10 heteroatoms. The van der Waals surface area contributed by atoms with E-state index in [1.165, 1.54) is 29.0 Å². The summed E-state index contributed by atoms with van der Waals surface area (Å²) in [7, 11) is -4.18. The van der Waals surface area contributed by atoms with Crippen molar-refractivity contribution in [3.63, 3.8) is 0 Å². The molecule has 0 atom stereocenters. The smallest absolute Gasteiger partial charge is 0.286 e. The first kappa shape index (κ1) is 19.8. The van der Waals surface area contributed by atoms with E-state index in [2.05, 4.69) is 14.7 Å². The number of fused-ring (bicyclic) bond motifs is 2. The minimum absolute atomic E-state index is 0.0506. The molecule has 1 aliphatic heterocycles. The molecule has 0 bridgehead atoms. The Hall–Kier alpha value is -4.18. The van der Waals surface area contributed by atoms with Gasteiger partial charge in [-0.05, 0) is 29.8 Å². The van der Waals surface area contributed by atoms with Gasteiger partial charge in [-0.15, -0.1) is 4.40 Å². The Morgan fingerprint density at radius 1 is 1.00 bits per heavy atom. The van der Waals surface area contributed by atoms with E-state index < -0.39 is 21.3 Å². The lowest BCUT2D eigenvalue weighted by atomic mass is 10.1. The molecule has 32 heavy (non-hydrogen) atoms. The summed E-state index contributed by atoms with van der Waals surface area (Å²) in [6, 6.07) is 16.0. The highest BCUT2D eigenvalue weighted by molar-refractivity contribution is 7.90. The quantitative estimate of drug-likeness (QED) is 0.438. The Balaban J connectivity index is 1.77. The van der Waals surface area contributed by atoms with Crippen molar-refractivity contribution in [3.05, 3.63) is 88.3 Å². The molecule has 3 N–H and O–H groups in total. The van der Waals surface area contributed by atoms with Crippen LogP contribution in [-0.4, -0.2) is 34.0 Å². The second kappa shape index (κ2) is 7.20. The van der Waals surface area contributed by atoms with Gasteiger partial charge < -0.3 is 15.5 Å². The van der Waals surface area contributed by atoms with Crippen LogP contribution in [0, 0.1) is 0 Å². The van der Waals surface area contributed by atoms with Crippen LogP contribution in [-0.2, 0) is 16.6 Å². The third-order valence-corrected chi connectivity index (χ3v) is 6.45. The Bertz CT molecular complexity index is 1580. The number of nitrogens with one attached hydrogen (secondary N) is 1. The monoisotopic (exact) mass is 448 g/mol. The number of hydrogen-bond donors (Lipinski definition) is 3. The minimum atomic E-state index is -4.18. The van der Waals surface area contributed by atoms with E-state index in [4.69, 9.17) is 0 Å². The SMILES string of the molecule is O=c1c(C2=NS(=O)(=O)c3ccc(O)cc3N2)c(O)c2cccnc2n1Cc1ccccc1. The maximum absolute atomic E-state index is 13.5. The number of pyridine rings is 2. The lowest BCUT2D eigenvalue weighted by Gasteiger charge is -2.20. The maximum atomic E-state index is 13.5. The molecule has 3 heterocycles. The van der Waals surface area contributed by atoms with Crippen molar-refractivity contribution < 1.29 is 18.6 Å². The average molecular weight is 448 g/mol. The van der Waals surface area contributed by atoms with Gasteiger partial charge in [0, 0.05) is 12.3 Å². The maximum Gasteiger partial charge on any atom is 0.286 e. The highest BCUT2D eigenvalue weighted by Gasteiger charge is 2.30. The number of nitrogens with zero attached hydrogens (tertiary/aromatic N) is 3. The van der Waals surface area contributed by atoms with Gasteiger partial charge in [0.2, 0.25) is 0 Å². The van der Waals surface area contributed by atoms with Gasteiger partial charge in [0.05, 0.1) is 17.6 Å². The predicted octanol–water partition coefficient (Wildman–Crippen LogP) is 2.42. The van der Waals surface area contributed by atoms with Crippen LogP contribution in [0.2, 0.25) is 0 Å². The van der Waals surface area contributed by atoms with Crippen LogP contribution in [0.15, 0.2) is 80.9 Å². The molecule has 0 radical (unpaired) electrons. The lowest BCUT2D eigenvalue weighted by molar-refractivity contribution is 0.475. The van der Waals surface area contributed by atoms with Gasteiger partial charge in [-0.1, -0.05) is 30.3 Å². The molecule has 5 rings (SSSR count). The van der Waals surface area contributed by atoms with Crippen LogP contribution in [0.4, 0.5) is 5.69 Å². The van der Waals surface area contributed by atoms with Gasteiger partial charge >= 0.3 is 0 Å². The largest absolute Gasteiger partial charge is 0.508 e. The molecule has 0 amide bonds. The van der Waals surface area contributed by atoms with Gasteiger partial charge in [0.1, 0.15) is 27.6 Å². The molecule has 2 aromatic heterocycles. The van der Waals surface area contributed by atoms with Crippen LogP contribution in [0.5, 0.6) is 11.5 Å². The van der Waals surface area contributed by atoms with Crippen LogP contribution >= 0.6 is 0 Å². The second-order valence-electron chi connectivity index (χ2n) is 7.20. The molecule has 1 aliphatic rings. The molecule has 0 saturated carbocycles. The minimum Gasteiger partial charge on any atom is -0.508 e. The number of rotatable bonds is 3. The summed E-state index contributed by atoms with van der Waals surface area (Å²) in [5, 5.41) is 23.7. The van der Waals surface area contributed by atoms with Crippen LogP contribution in [0.3, 0.4) is 0 Å². The van der Waals surface area contributed by atoms with Gasteiger partial charge in [-0.3, -0.25) is 9.36 Å². The molecular formula is C22H16N4O5S. The molecule has 0 spiro atoms. The number of phenols is 1. The van der Waals surface area contributed by atoms with Crippen LogP contribution < -0.4 is 10.9 Å². The van der Waals surface area contributed by atoms with Crippen molar-refractivity contribution >= 4 is 32.6 Å². The normalized spacial score (nSPS) is 14.4. The summed E-state index contributed by atoms with van der Waals surface area (Å²) in [5.74, 6) is -0.938. The lowest BCUT2D eigenvalue weighted by Crippen LogP contribution is -2.33. The topological polar surface area (TPSA) is 134 Å². The zero-order valence-corrected chi connectivity index (χ0v) is 17.2. The van der Waals surface area contributed by atoms with Crippen molar-refractivity contribution in [1.29, 1.82) is 0 Å². The molecule has 4 aromatic rings. The third kappa shape index (κ3) is 3.17. The summed E-state index contributed by atoms with van der Waals surface area (Å²) in [6.07, 6.45) is 1.50. The number of phenolic OH excluding ortho intramolecular Hbond substituents is 1. The van der Waals surface area contributed by atoms with Gasteiger partial charge in [-0.25, -0.2) is 4.98 Å². The molecule has 9 nitrogen and oxygen atoms in total. The van der Waals surface area contributed by atoms with Crippen molar-refractivity contribution in [1.82, 2.24) is 9.55 Å². The van der Waals surface area contributed by atoms with E-state index >= 15 is 0 Å². The summed E-state index contributed by atoms with van der Waals surface area (Å²) in [4.78, 5) is 17.6. The molecule has 0 aliphatic carbocycles. The Kier molecular flexibility index (Phi) is 4.45. The summed E-state index contributed by atoms with van der Waals surface area (Å²) >= 11 is 0. The molecular weight excluding hydrogens is 432 g/mol. The van der Waals surface area contributed by atoms with E-state index in [0.717, 1.165) is 5.56 Å². The highest BCUT2D eigenvalue weighted by atomic mass is 32.2. The molecule has 0 saturated heterocycles. The van der Waals surface area contributed by atoms with Crippen molar-refractivity contribution in [2.24, 2.45) is 4.40 Å². The van der Waals surface area contributed by atoms with Crippen molar-refractivity contribution in [2.75, 3.05) is 5.32 Å². The Morgan fingerprint density at radius 3 is 2.56 bits per heavy atom. The summed E-state index contributed by atoms with van der Waals surface area (Å²) in [6.45, 7) is 0.151. The van der Waals surface area contributed by atoms with E-state index in [1.54, 1.807) is 12.1 Å². The standard InChI is InChI=1S/C22H16N4O5S/c27-14-8-9-17-16(11-14)24-20(25-32(17,30)31)18-19(28)15-7-4-10-23-21(15)26(22(18)29)12-13-5-2-1-3-6-13/h1-11,27-28H,12H2,(H,24,25). The van der Waals surface area contributed by atoms with Crippen molar-refractivity contribution in [2.45, 2.75) is 11.4 Å². The number of hydrogen-bond acceptors (Lipinski definition) is 7. The summed E-state index contributed by atoms with van der Waals surface area (Å²) < 4.78 is 30.5. The van der Waals surface area contributed by atoms with E-state index in [-0.39, 0.29) is 45.3 Å². The molecule has 0 fully saturated rings. The number of amidine groups is 1. The molecule has 0 unspecified atom stereocenters. The van der Waals surface area contributed by atoms with Gasteiger partial charge in [-0.2, -0.15) is 8.42 Å². The van der Waals surface area contributed by atoms with E-state index in [9.17, 15) is 23.4 Å².